The molecule has 1 aliphatic heterocycles. The second-order valence-electron chi connectivity index (χ2n) is 5.30. The Kier molecular flexibility index (Phi) is 4.03. The number of nitrogens with zero attached hydrogens (tertiary/aromatic N) is 2. The van der Waals surface area contributed by atoms with Gasteiger partial charge in [-0.15, -0.1) is 0 Å². The summed E-state index contributed by atoms with van der Waals surface area (Å²) >= 11 is 0. The highest BCUT2D eigenvalue weighted by Gasteiger charge is 2.25. The summed E-state index contributed by atoms with van der Waals surface area (Å²) in [4.78, 5) is 7.31. The Bertz CT molecular complexity index is 348. The van der Waals surface area contributed by atoms with Gasteiger partial charge >= 0.3 is 0 Å². The molecule has 1 unspecified atom stereocenters. The van der Waals surface area contributed by atoms with E-state index in [4.69, 9.17) is 4.99 Å². The lowest BCUT2D eigenvalue weighted by Gasteiger charge is -2.25. The predicted octanol–water partition coefficient (Wildman–Crippen LogP) is 3.41. The molecule has 17 heavy (non-hydrogen) atoms. The molecule has 0 radical (unpaired) electrons. The minimum Gasteiger partial charge on any atom is -0.356 e. The molecule has 0 aromatic heterocycles. The molecule has 1 aliphatic carbocycles. The Hall–Kier alpha value is -1.05. The van der Waals surface area contributed by atoms with Crippen LogP contribution in [-0.2, 0) is 0 Å². The number of aliphatic imine (C=N–C) groups is 1. The number of hydrogen-bond donors (Lipinski definition) is 0. The van der Waals surface area contributed by atoms with E-state index in [2.05, 4.69) is 43.9 Å². The van der Waals surface area contributed by atoms with Crippen molar-refractivity contribution in [1.29, 1.82) is 0 Å². The first-order valence-corrected chi connectivity index (χ1v) is 6.85. The summed E-state index contributed by atoms with van der Waals surface area (Å²) in [6.45, 7) is 8.77. The molecule has 2 heteroatoms. The number of amidine groups is 1. The summed E-state index contributed by atoms with van der Waals surface area (Å²) < 4.78 is 0. The van der Waals surface area contributed by atoms with E-state index < -0.39 is 0 Å². The molecule has 0 aromatic carbocycles. The van der Waals surface area contributed by atoms with E-state index in [0.29, 0.717) is 6.04 Å². The van der Waals surface area contributed by atoms with Gasteiger partial charge in [-0.05, 0) is 32.6 Å². The van der Waals surface area contributed by atoms with Gasteiger partial charge in [-0.1, -0.05) is 30.7 Å². The fourth-order valence-corrected chi connectivity index (χ4v) is 2.19. The van der Waals surface area contributed by atoms with Crippen LogP contribution in [-0.4, -0.2) is 29.9 Å². The van der Waals surface area contributed by atoms with Crippen LogP contribution in [0.5, 0.6) is 0 Å². The molecule has 0 amide bonds. The summed E-state index contributed by atoms with van der Waals surface area (Å²) in [5.41, 5.74) is 1.35. The normalized spacial score (nSPS) is 30.8. The fraction of sp³-hybridized carbons (Fsp3) is 0.667. The first kappa shape index (κ1) is 12.4. The molecule has 0 saturated heterocycles. The molecule has 2 aliphatic rings. The van der Waals surface area contributed by atoms with Crippen LogP contribution in [0.4, 0.5) is 0 Å². The van der Waals surface area contributed by atoms with E-state index in [-0.39, 0.29) is 0 Å². The maximum Gasteiger partial charge on any atom is 0.0996 e. The van der Waals surface area contributed by atoms with Crippen molar-refractivity contribution in [2.75, 3.05) is 13.1 Å². The molecule has 0 aromatic rings. The van der Waals surface area contributed by atoms with Gasteiger partial charge < -0.3 is 4.90 Å². The maximum absolute atomic E-state index is 4.83. The van der Waals surface area contributed by atoms with Crippen LogP contribution in [0.25, 0.3) is 0 Å². The second-order valence-corrected chi connectivity index (χ2v) is 5.30. The van der Waals surface area contributed by atoms with Crippen LogP contribution in [0.2, 0.25) is 0 Å². The van der Waals surface area contributed by atoms with E-state index in [1.165, 1.54) is 30.8 Å². The fourth-order valence-electron chi connectivity index (χ4n) is 2.19. The molecule has 1 fully saturated rings. The molecule has 1 heterocycles. The van der Waals surface area contributed by atoms with Crippen LogP contribution in [0.1, 0.15) is 40.0 Å². The largest absolute Gasteiger partial charge is 0.356 e. The van der Waals surface area contributed by atoms with Crippen LogP contribution in [0.3, 0.4) is 0 Å². The molecule has 2 rings (SSSR count). The highest BCUT2D eigenvalue weighted by atomic mass is 15.2. The predicted molar refractivity (Wildman–Crippen MR) is 74.4 cm³/mol. The van der Waals surface area contributed by atoms with Gasteiger partial charge in [0.1, 0.15) is 0 Å². The van der Waals surface area contributed by atoms with Crippen LogP contribution in [0, 0.1) is 5.92 Å². The van der Waals surface area contributed by atoms with Crippen molar-refractivity contribution in [3.63, 3.8) is 0 Å². The highest BCUT2D eigenvalue weighted by Crippen LogP contribution is 2.30. The molecule has 0 N–H and O–H groups in total. The second kappa shape index (κ2) is 5.52. The van der Waals surface area contributed by atoms with Crippen molar-refractivity contribution in [2.45, 2.75) is 46.1 Å². The Morgan fingerprint density at radius 1 is 1.41 bits per heavy atom. The molecule has 2 nitrogen and oxygen atoms in total. The number of hydrogen-bond acceptors (Lipinski definition) is 2. The molecule has 94 valence electrons. The monoisotopic (exact) mass is 232 g/mol. The summed E-state index contributed by atoms with van der Waals surface area (Å²) in [5, 5.41) is 0. The van der Waals surface area contributed by atoms with Crippen LogP contribution >= 0.6 is 0 Å². The third kappa shape index (κ3) is 3.72. The van der Waals surface area contributed by atoms with Gasteiger partial charge in [-0.2, -0.15) is 0 Å². The molecule has 1 saturated carbocycles. The smallest absolute Gasteiger partial charge is 0.0996 e. The van der Waals surface area contributed by atoms with E-state index in [1.807, 2.05) is 0 Å². The Balaban J connectivity index is 2.16. The average molecular weight is 232 g/mol. The quantitative estimate of drug-likeness (QED) is 0.728. The summed E-state index contributed by atoms with van der Waals surface area (Å²) in [7, 11) is 0. The summed E-state index contributed by atoms with van der Waals surface area (Å²) in [6.07, 6.45) is 10.6. The SMILES string of the molecule is CCC1=NC(C)/C=C\C(C)=C/CN1CC1CC1. The van der Waals surface area contributed by atoms with Crippen molar-refractivity contribution in [3.05, 3.63) is 23.8 Å². The van der Waals surface area contributed by atoms with Gasteiger partial charge in [0.05, 0.1) is 11.9 Å². The Morgan fingerprint density at radius 3 is 2.82 bits per heavy atom. The minimum atomic E-state index is 0.299. The standard InChI is InChI=1S/C15H24N2/c1-4-15-16-13(3)6-5-12(2)9-10-17(15)11-14-7-8-14/h5-6,9,13-14H,4,7-8,10-11H2,1-3H3/b6-5-,12-9-,16-15?. The van der Waals surface area contributed by atoms with Crippen molar-refractivity contribution >= 4 is 5.84 Å². The first-order chi connectivity index (χ1) is 8.19. The first-order valence-electron chi connectivity index (χ1n) is 6.85. The van der Waals surface area contributed by atoms with Gasteiger partial charge in [0, 0.05) is 19.5 Å². The number of rotatable bonds is 3. The van der Waals surface area contributed by atoms with Crippen LogP contribution < -0.4 is 0 Å². The maximum atomic E-state index is 4.83. The third-order valence-electron chi connectivity index (χ3n) is 3.48. The van der Waals surface area contributed by atoms with E-state index >= 15 is 0 Å². The molecular weight excluding hydrogens is 208 g/mol. The Labute approximate surface area is 105 Å². The average Bonchev–Trinajstić information content (AvgIpc) is 3.11. The lowest BCUT2D eigenvalue weighted by Crippen LogP contribution is -2.33. The van der Waals surface area contributed by atoms with E-state index in [9.17, 15) is 0 Å². The van der Waals surface area contributed by atoms with E-state index in [0.717, 1.165) is 18.9 Å². The van der Waals surface area contributed by atoms with Crippen molar-refractivity contribution in [2.24, 2.45) is 10.9 Å². The van der Waals surface area contributed by atoms with Crippen molar-refractivity contribution in [1.82, 2.24) is 4.90 Å². The van der Waals surface area contributed by atoms with Gasteiger partial charge in [-0.25, -0.2) is 0 Å². The van der Waals surface area contributed by atoms with Gasteiger partial charge in [0.15, 0.2) is 0 Å². The summed E-state index contributed by atoms with van der Waals surface area (Å²) in [6, 6.07) is 0.299. The van der Waals surface area contributed by atoms with E-state index in [1.54, 1.807) is 0 Å². The van der Waals surface area contributed by atoms with Crippen LogP contribution in [0.15, 0.2) is 28.8 Å². The van der Waals surface area contributed by atoms with Gasteiger partial charge in [0.2, 0.25) is 0 Å². The topological polar surface area (TPSA) is 15.6 Å². The molecule has 0 spiro atoms. The molecule has 0 bridgehead atoms. The van der Waals surface area contributed by atoms with Crippen molar-refractivity contribution in [3.8, 4) is 0 Å². The highest BCUT2D eigenvalue weighted by molar-refractivity contribution is 5.82. The van der Waals surface area contributed by atoms with Gasteiger partial charge in [-0.3, -0.25) is 4.99 Å². The number of allylic oxidation sites excluding steroid dienone is 2. The summed E-state index contributed by atoms with van der Waals surface area (Å²) in [5.74, 6) is 2.20. The molecule has 1 atom stereocenters. The van der Waals surface area contributed by atoms with Crippen molar-refractivity contribution < 1.29 is 0 Å². The lowest BCUT2D eigenvalue weighted by atomic mass is 10.2. The lowest BCUT2D eigenvalue weighted by molar-refractivity contribution is 0.427. The zero-order valence-electron chi connectivity index (χ0n) is 11.3. The minimum absolute atomic E-state index is 0.299. The Morgan fingerprint density at radius 2 is 2.18 bits per heavy atom. The zero-order valence-corrected chi connectivity index (χ0v) is 11.3. The third-order valence-corrected chi connectivity index (χ3v) is 3.48. The molecular formula is C15H24N2. The van der Waals surface area contributed by atoms with Gasteiger partial charge in [0.25, 0.3) is 0 Å². The zero-order chi connectivity index (χ0) is 12.3.